The molecule has 0 aliphatic carbocycles. The van der Waals surface area contributed by atoms with Gasteiger partial charge >= 0.3 is 6.03 Å². The summed E-state index contributed by atoms with van der Waals surface area (Å²) in [4.78, 5) is 25.6. The van der Waals surface area contributed by atoms with E-state index >= 15 is 0 Å². The lowest BCUT2D eigenvalue weighted by Crippen LogP contribution is -2.47. The molecule has 0 saturated carbocycles. The Morgan fingerprint density at radius 1 is 1.20 bits per heavy atom. The first-order chi connectivity index (χ1) is 9.41. The standard InChI is InChI=1S/C15H19N3O2/c1-9-7-5-6-8-11(9)13-12(14(19)18(3)4)10(2)16-15(20)17-13/h5-8,13H,1-4H3,(H2,16,17,20)/t13-/m1/s1. The summed E-state index contributed by atoms with van der Waals surface area (Å²) < 4.78 is 0. The third kappa shape index (κ3) is 2.52. The molecule has 5 nitrogen and oxygen atoms in total. The first-order valence-electron chi connectivity index (χ1n) is 6.47. The van der Waals surface area contributed by atoms with Crippen LogP contribution in [0.4, 0.5) is 4.79 Å². The van der Waals surface area contributed by atoms with Crippen LogP contribution >= 0.6 is 0 Å². The van der Waals surface area contributed by atoms with Crippen LogP contribution in [-0.2, 0) is 4.79 Å². The van der Waals surface area contributed by atoms with Crippen LogP contribution in [0.5, 0.6) is 0 Å². The lowest BCUT2D eigenvalue weighted by atomic mass is 9.92. The molecule has 1 aromatic rings. The van der Waals surface area contributed by atoms with Gasteiger partial charge in [0.25, 0.3) is 5.91 Å². The largest absolute Gasteiger partial charge is 0.345 e. The average Bonchev–Trinajstić information content (AvgIpc) is 2.37. The molecule has 2 N–H and O–H groups in total. The molecule has 0 saturated heterocycles. The maximum absolute atomic E-state index is 12.4. The molecule has 1 atom stereocenters. The van der Waals surface area contributed by atoms with E-state index in [0.29, 0.717) is 11.3 Å². The van der Waals surface area contributed by atoms with Crippen molar-refractivity contribution in [2.75, 3.05) is 14.1 Å². The highest BCUT2D eigenvalue weighted by Gasteiger charge is 2.32. The van der Waals surface area contributed by atoms with Gasteiger partial charge in [-0.15, -0.1) is 0 Å². The van der Waals surface area contributed by atoms with Gasteiger partial charge in [-0.3, -0.25) is 4.79 Å². The molecule has 0 unspecified atom stereocenters. The van der Waals surface area contributed by atoms with Crippen molar-refractivity contribution in [2.24, 2.45) is 0 Å². The van der Waals surface area contributed by atoms with Gasteiger partial charge in [0.1, 0.15) is 0 Å². The highest BCUT2D eigenvalue weighted by molar-refractivity contribution is 5.98. The SMILES string of the molecule is CC1=C(C(=O)N(C)C)[C@@H](c2ccccc2C)NC(=O)N1. The Morgan fingerprint density at radius 2 is 1.85 bits per heavy atom. The molecular formula is C15H19N3O2. The Hall–Kier alpha value is -2.30. The Morgan fingerprint density at radius 3 is 2.45 bits per heavy atom. The van der Waals surface area contributed by atoms with Crippen LogP contribution in [-0.4, -0.2) is 30.9 Å². The molecular weight excluding hydrogens is 254 g/mol. The number of urea groups is 1. The van der Waals surface area contributed by atoms with Gasteiger partial charge in [-0.25, -0.2) is 4.79 Å². The highest BCUT2D eigenvalue weighted by atomic mass is 16.2. The maximum Gasteiger partial charge on any atom is 0.319 e. The number of carbonyl (C=O) groups is 2. The van der Waals surface area contributed by atoms with Gasteiger partial charge in [-0.2, -0.15) is 0 Å². The summed E-state index contributed by atoms with van der Waals surface area (Å²) in [5.41, 5.74) is 3.15. The molecule has 106 valence electrons. The van der Waals surface area contributed by atoms with Crippen molar-refractivity contribution in [1.29, 1.82) is 0 Å². The molecule has 0 bridgehead atoms. The molecule has 3 amide bonds. The summed E-state index contributed by atoms with van der Waals surface area (Å²) >= 11 is 0. The van der Waals surface area contributed by atoms with Crippen LogP contribution in [0.15, 0.2) is 35.5 Å². The van der Waals surface area contributed by atoms with Crippen molar-refractivity contribution in [2.45, 2.75) is 19.9 Å². The number of likely N-dealkylation sites (N-methyl/N-ethyl adjacent to an activating group) is 1. The minimum Gasteiger partial charge on any atom is -0.345 e. The van der Waals surface area contributed by atoms with Gasteiger partial charge in [0.2, 0.25) is 0 Å². The van der Waals surface area contributed by atoms with E-state index in [1.54, 1.807) is 21.0 Å². The fourth-order valence-corrected chi connectivity index (χ4v) is 2.36. The summed E-state index contributed by atoms with van der Waals surface area (Å²) in [6.45, 7) is 3.72. The normalized spacial score (nSPS) is 18.4. The molecule has 5 heteroatoms. The topological polar surface area (TPSA) is 61.4 Å². The zero-order valence-corrected chi connectivity index (χ0v) is 12.2. The van der Waals surface area contributed by atoms with Crippen molar-refractivity contribution >= 4 is 11.9 Å². The number of carbonyl (C=O) groups excluding carboxylic acids is 2. The van der Waals surface area contributed by atoms with Crippen LogP contribution in [0.25, 0.3) is 0 Å². The number of allylic oxidation sites excluding steroid dienone is 1. The fourth-order valence-electron chi connectivity index (χ4n) is 2.36. The molecule has 1 aliphatic rings. The molecule has 0 fully saturated rings. The summed E-state index contributed by atoms with van der Waals surface area (Å²) in [7, 11) is 3.40. The number of rotatable bonds is 2. The maximum atomic E-state index is 12.4. The molecule has 1 aliphatic heterocycles. The zero-order valence-electron chi connectivity index (χ0n) is 12.2. The Kier molecular flexibility index (Phi) is 3.79. The number of benzene rings is 1. The zero-order chi connectivity index (χ0) is 14.9. The van der Waals surface area contributed by atoms with E-state index in [1.165, 1.54) is 4.90 Å². The summed E-state index contributed by atoms with van der Waals surface area (Å²) in [5.74, 6) is -0.108. The minimum atomic E-state index is -0.417. The third-order valence-electron chi connectivity index (χ3n) is 3.41. The number of hydrogen-bond donors (Lipinski definition) is 2. The van der Waals surface area contributed by atoms with Crippen LogP contribution < -0.4 is 10.6 Å². The fraction of sp³-hybridized carbons (Fsp3) is 0.333. The molecule has 20 heavy (non-hydrogen) atoms. The second-order valence-corrected chi connectivity index (χ2v) is 5.13. The number of nitrogens with zero attached hydrogens (tertiary/aromatic N) is 1. The van der Waals surface area contributed by atoms with Crippen LogP contribution in [0.1, 0.15) is 24.1 Å². The van der Waals surface area contributed by atoms with Crippen molar-refractivity contribution < 1.29 is 9.59 Å². The second-order valence-electron chi connectivity index (χ2n) is 5.13. The van der Waals surface area contributed by atoms with Gasteiger partial charge in [-0.1, -0.05) is 24.3 Å². The number of aryl methyl sites for hydroxylation is 1. The van der Waals surface area contributed by atoms with E-state index < -0.39 is 6.04 Å². The number of amides is 3. The molecule has 2 rings (SSSR count). The first-order valence-corrected chi connectivity index (χ1v) is 6.47. The summed E-state index contributed by atoms with van der Waals surface area (Å²) in [5, 5.41) is 5.50. The van der Waals surface area contributed by atoms with E-state index in [-0.39, 0.29) is 11.9 Å². The number of nitrogens with one attached hydrogen (secondary N) is 2. The van der Waals surface area contributed by atoms with Gasteiger partial charge < -0.3 is 15.5 Å². The van der Waals surface area contributed by atoms with Crippen LogP contribution in [0, 0.1) is 6.92 Å². The second kappa shape index (κ2) is 5.36. The Labute approximate surface area is 118 Å². The van der Waals surface area contributed by atoms with Crippen molar-refractivity contribution in [3.8, 4) is 0 Å². The first kappa shape index (κ1) is 14.1. The number of hydrogen-bond acceptors (Lipinski definition) is 2. The molecule has 1 heterocycles. The van der Waals surface area contributed by atoms with E-state index in [9.17, 15) is 9.59 Å². The summed E-state index contributed by atoms with van der Waals surface area (Å²) in [6, 6.07) is 7.04. The molecule has 0 radical (unpaired) electrons. The van der Waals surface area contributed by atoms with E-state index in [1.807, 2.05) is 31.2 Å². The van der Waals surface area contributed by atoms with Crippen molar-refractivity contribution in [3.05, 3.63) is 46.7 Å². The predicted octanol–water partition coefficient (Wildman–Crippen LogP) is 1.71. The molecule has 0 spiro atoms. The average molecular weight is 273 g/mol. The van der Waals surface area contributed by atoms with Crippen molar-refractivity contribution in [1.82, 2.24) is 15.5 Å². The Bertz CT molecular complexity index is 591. The van der Waals surface area contributed by atoms with Crippen LogP contribution in [0.2, 0.25) is 0 Å². The predicted molar refractivity (Wildman–Crippen MR) is 77.0 cm³/mol. The monoisotopic (exact) mass is 273 g/mol. The quantitative estimate of drug-likeness (QED) is 0.861. The third-order valence-corrected chi connectivity index (χ3v) is 3.41. The van der Waals surface area contributed by atoms with E-state index in [4.69, 9.17) is 0 Å². The van der Waals surface area contributed by atoms with E-state index in [0.717, 1.165) is 11.1 Å². The molecule has 0 aromatic heterocycles. The lowest BCUT2D eigenvalue weighted by molar-refractivity contribution is -0.125. The van der Waals surface area contributed by atoms with Gasteiger partial charge in [-0.05, 0) is 25.0 Å². The minimum absolute atomic E-state index is 0.108. The Balaban J connectivity index is 2.54. The van der Waals surface area contributed by atoms with Crippen LogP contribution in [0.3, 0.4) is 0 Å². The van der Waals surface area contributed by atoms with Gasteiger partial charge in [0.05, 0.1) is 11.6 Å². The lowest BCUT2D eigenvalue weighted by Gasteiger charge is -2.30. The van der Waals surface area contributed by atoms with E-state index in [2.05, 4.69) is 10.6 Å². The smallest absolute Gasteiger partial charge is 0.319 e. The highest BCUT2D eigenvalue weighted by Crippen LogP contribution is 2.29. The van der Waals surface area contributed by atoms with Gasteiger partial charge in [0.15, 0.2) is 0 Å². The van der Waals surface area contributed by atoms with Crippen molar-refractivity contribution in [3.63, 3.8) is 0 Å². The molecule has 1 aromatic carbocycles. The van der Waals surface area contributed by atoms with Gasteiger partial charge in [0, 0.05) is 19.8 Å². The summed E-state index contributed by atoms with van der Waals surface area (Å²) in [6.07, 6.45) is 0.